The van der Waals surface area contributed by atoms with Crippen molar-refractivity contribution in [2.24, 2.45) is 5.73 Å². The molecule has 0 aromatic heterocycles. The van der Waals surface area contributed by atoms with Crippen LogP contribution in [0.1, 0.15) is 25.3 Å². The van der Waals surface area contributed by atoms with Gasteiger partial charge in [-0.05, 0) is 43.9 Å². The first kappa shape index (κ1) is 12.8. The van der Waals surface area contributed by atoms with E-state index in [4.69, 9.17) is 22.1 Å². The molecule has 1 fully saturated rings. The molecule has 0 aliphatic carbocycles. The molecule has 0 radical (unpaired) electrons. The molecule has 1 saturated heterocycles. The van der Waals surface area contributed by atoms with Crippen molar-refractivity contribution in [1.82, 2.24) is 0 Å². The van der Waals surface area contributed by atoms with Gasteiger partial charge in [-0.25, -0.2) is 4.39 Å². The Bertz CT molecular complexity index is 399. The summed E-state index contributed by atoms with van der Waals surface area (Å²) in [4.78, 5) is 0. The summed E-state index contributed by atoms with van der Waals surface area (Å²) in [6, 6.07) is 4.34. The fraction of sp³-hybridized carbons (Fsp3) is 0.538. The van der Waals surface area contributed by atoms with E-state index >= 15 is 0 Å². The van der Waals surface area contributed by atoms with Crippen LogP contribution in [0.25, 0.3) is 0 Å². The van der Waals surface area contributed by atoms with Gasteiger partial charge in [0.25, 0.3) is 0 Å². The zero-order valence-corrected chi connectivity index (χ0v) is 10.6. The Morgan fingerprint density at radius 3 is 2.88 bits per heavy atom. The monoisotopic (exact) mass is 257 g/mol. The van der Waals surface area contributed by atoms with Crippen LogP contribution in [-0.2, 0) is 11.2 Å². The van der Waals surface area contributed by atoms with Gasteiger partial charge >= 0.3 is 0 Å². The molecule has 94 valence electrons. The maximum atomic E-state index is 12.9. The van der Waals surface area contributed by atoms with Gasteiger partial charge in [-0.15, -0.1) is 0 Å². The lowest BCUT2D eigenvalue weighted by Gasteiger charge is -2.20. The van der Waals surface area contributed by atoms with E-state index in [0.29, 0.717) is 11.4 Å². The van der Waals surface area contributed by atoms with Crippen LogP contribution in [-0.4, -0.2) is 18.2 Å². The number of benzene rings is 1. The predicted molar refractivity (Wildman–Crippen MR) is 66.7 cm³/mol. The smallest absolute Gasteiger partial charge is 0.124 e. The second-order valence-electron chi connectivity index (χ2n) is 4.67. The van der Waals surface area contributed by atoms with Crippen LogP contribution in [0.5, 0.6) is 0 Å². The molecule has 1 aromatic carbocycles. The van der Waals surface area contributed by atoms with Crippen LogP contribution in [0, 0.1) is 5.82 Å². The molecule has 1 heterocycles. The Hall–Kier alpha value is -0.640. The summed E-state index contributed by atoms with van der Waals surface area (Å²) in [6.45, 7) is 2.05. The van der Waals surface area contributed by atoms with E-state index in [-0.39, 0.29) is 24.1 Å². The highest BCUT2D eigenvalue weighted by molar-refractivity contribution is 6.31. The van der Waals surface area contributed by atoms with E-state index < -0.39 is 0 Å². The molecule has 4 heteroatoms. The molecule has 2 rings (SSSR count). The molecule has 2 N–H and O–H groups in total. The molecule has 0 saturated carbocycles. The van der Waals surface area contributed by atoms with E-state index in [0.717, 1.165) is 18.4 Å². The molecular weight excluding hydrogens is 241 g/mol. The largest absolute Gasteiger partial charge is 0.374 e. The van der Waals surface area contributed by atoms with E-state index in [1.807, 2.05) is 0 Å². The Morgan fingerprint density at radius 1 is 1.53 bits per heavy atom. The zero-order valence-electron chi connectivity index (χ0n) is 9.83. The minimum absolute atomic E-state index is 0.0806. The Morgan fingerprint density at radius 2 is 2.29 bits per heavy atom. The van der Waals surface area contributed by atoms with E-state index in [2.05, 4.69) is 6.92 Å². The van der Waals surface area contributed by atoms with Crippen molar-refractivity contribution in [3.05, 3.63) is 34.6 Å². The highest BCUT2D eigenvalue weighted by Crippen LogP contribution is 2.25. The number of hydrogen-bond donors (Lipinski definition) is 1. The molecule has 2 nitrogen and oxygen atoms in total. The standard InChI is InChI=1S/C13H17ClFNO/c1-8-2-5-13(17-8)12(16)6-9-3-4-10(15)7-11(9)14/h3-4,7-8,12-13H,2,5-6,16H2,1H3. The molecule has 3 atom stereocenters. The van der Waals surface area contributed by atoms with E-state index in [1.54, 1.807) is 6.07 Å². The van der Waals surface area contributed by atoms with Crippen molar-refractivity contribution in [1.29, 1.82) is 0 Å². The molecule has 3 unspecified atom stereocenters. The normalized spacial score (nSPS) is 26.1. The summed E-state index contributed by atoms with van der Waals surface area (Å²) >= 11 is 5.97. The quantitative estimate of drug-likeness (QED) is 0.904. The average molecular weight is 258 g/mol. The van der Waals surface area contributed by atoms with Crippen LogP contribution in [0.2, 0.25) is 5.02 Å². The second kappa shape index (κ2) is 5.34. The minimum atomic E-state index is -0.321. The second-order valence-corrected chi connectivity index (χ2v) is 5.07. The van der Waals surface area contributed by atoms with Crippen LogP contribution in [0.4, 0.5) is 4.39 Å². The fourth-order valence-corrected chi connectivity index (χ4v) is 2.47. The summed E-state index contributed by atoms with van der Waals surface area (Å²) in [5.74, 6) is -0.321. The SMILES string of the molecule is CC1CCC(C(N)Cc2ccc(F)cc2Cl)O1. The van der Waals surface area contributed by atoms with Crippen molar-refractivity contribution < 1.29 is 9.13 Å². The van der Waals surface area contributed by atoms with Gasteiger partial charge in [0, 0.05) is 11.1 Å². The third-order valence-corrected chi connectivity index (χ3v) is 3.56. The van der Waals surface area contributed by atoms with Crippen LogP contribution < -0.4 is 5.73 Å². The van der Waals surface area contributed by atoms with Crippen LogP contribution in [0.15, 0.2) is 18.2 Å². The maximum Gasteiger partial charge on any atom is 0.124 e. The summed E-state index contributed by atoms with van der Waals surface area (Å²) in [5, 5.41) is 0.437. The number of ether oxygens (including phenoxy) is 1. The van der Waals surface area contributed by atoms with Crippen LogP contribution >= 0.6 is 11.6 Å². The maximum absolute atomic E-state index is 12.9. The highest BCUT2D eigenvalue weighted by atomic mass is 35.5. The van der Waals surface area contributed by atoms with Crippen molar-refractivity contribution in [2.45, 2.75) is 44.4 Å². The Labute approximate surface area is 106 Å². The predicted octanol–water partition coefficient (Wildman–Crippen LogP) is 2.92. The van der Waals surface area contributed by atoms with Gasteiger partial charge in [-0.1, -0.05) is 17.7 Å². The average Bonchev–Trinajstić information content (AvgIpc) is 2.69. The fourth-order valence-electron chi connectivity index (χ4n) is 2.22. The van der Waals surface area contributed by atoms with Crippen molar-refractivity contribution in [2.75, 3.05) is 0 Å². The van der Waals surface area contributed by atoms with Gasteiger partial charge in [0.1, 0.15) is 5.82 Å². The third kappa shape index (κ3) is 3.18. The molecule has 1 aliphatic heterocycles. The van der Waals surface area contributed by atoms with Gasteiger partial charge in [0.2, 0.25) is 0 Å². The Kier molecular flexibility index (Phi) is 4.02. The molecule has 0 amide bonds. The molecule has 1 aliphatic rings. The van der Waals surface area contributed by atoms with Gasteiger partial charge < -0.3 is 10.5 Å². The lowest BCUT2D eigenvalue weighted by molar-refractivity contribution is 0.0404. The number of nitrogens with two attached hydrogens (primary N) is 1. The van der Waals surface area contributed by atoms with E-state index in [1.165, 1.54) is 12.1 Å². The lowest BCUT2D eigenvalue weighted by atomic mass is 10.00. The van der Waals surface area contributed by atoms with Gasteiger partial charge in [-0.2, -0.15) is 0 Å². The highest BCUT2D eigenvalue weighted by Gasteiger charge is 2.27. The topological polar surface area (TPSA) is 35.2 Å². The Balaban J connectivity index is 2.00. The van der Waals surface area contributed by atoms with Crippen LogP contribution in [0.3, 0.4) is 0 Å². The molecule has 0 bridgehead atoms. The summed E-state index contributed by atoms with van der Waals surface area (Å²) in [6.07, 6.45) is 3.04. The van der Waals surface area contributed by atoms with Gasteiger partial charge in [0.15, 0.2) is 0 Å². The first-order valence-electron chi connectivity index (χ1n) is 5.91. The number of halogens is 2. The van der Waals surface area contributed by atoms with Crippen molar-refractivity contribution >= 4 is 11.6 Å². The third-order valence-electron chi connectivity index (χ3n) is 3.21. The van der Waals surface area contributed by atoms with E-state index in [9.17, 15) is 4.39 Å². The molecular formula is C13H17ClFNO. The molecule has 17 heavy (non-hydrogen) atoms. The summed E-state index contributed by atoms with van der Waals surface area (Å²) in [7, 11) is 0. The molecule has 0 spiro atoms. The number of hydrogen-bond acceptors (Lipinski definition) is 2. The molecule has 1 aromatic rings. The van der Waals surface area contributed by atoms with Crippen molar-refractivity contribution in [3.63, 3.8) is 0 Å². The minimum Gasteiger partial charge on any atom is -0.374 e. The summed E-state index contributed by atoms with van der Waals surface area (Å²) < 4.78 is 18.6. The first-order valence-corrected chi connectivity index (χ1v) is 6.29. The van der Waals surface area contributed by atoms with Crippen molar-refractivity contribution in [3.8, 4) is 0 Å². The number of rotatable bonds is 3. The van der Waals surface area contributed by atoms with Gasteiger partial charge in [0.05, 0.1) is 12.2 Å². The first-order chi connectivity index (χ1) is 8.06. The van der Waals surface area contributed by atoms with Gasteiger partial charge in [-0.3, -0.25) is 0 Å². The summed E-state index contributed by atoms with van der Waals surface area (Å²) in [5.41, 5.74) is 6.98. The lowest BCUT2D eigenvalue weighted by Crippen LogP contribution is -2.36. The zero-order chi connectivity index (χ0) is 12.4.